The van der Waals surface area contributed by atoms with Gasteiger partial charge in [0.1, 0.15) is 5.75 Å². The van der Waals surface area contributed by atoms with Gasteiger partial charge >= 0.3 is 0 Å². The lowest BCUT2D eigenvalue weighted by Crippen LogP contribution is -2.52. The Morgan fingerprint density at radius 3 is 2.54 bits per heavy atom. The predicted octanol–water partition coefficient (Wildman–Crippen LogP) is 3.35. The summed E-state index contributed by atoms with van der Waals surface area (Å²) in [6, 6.07) is 8.21. The third kappa shape index (κ3) is 4.76. The molecule has 3 rings (SSSR count). The van der Waals surface area contributed by atoms with Crippen LogP contribution in [0, 0.1) is 0 Å². The molecule has 28 heavy (non-hydrogen) atoms. The van der Waals surface area contributed by atoms with Gasteiger partial charge in [-0.25, -0.2) is 4.98 Å². The molecule has 7 heteroatoms. The fourth-order valence-corrected chi connectivity index (χ4v) is 4.19. The summed E-state index contributed by atoms with van der Waals surface area (Å²) in [6.45, 7) is 11.0. The van der Waals surface area contributed by atoms with Crippen LogP contribution in [0.2, 0.25) is 0 Å². The second kappa shape index (κ2) is 8.82. The van der Waals surface area contributed by atoms with Crippen LogP contribution in [0.3, 0.4) is 0 Å². The van der Waals surface area contributed by atoms with Crippen LogP contribution in [0.4, 0.5) is 5.69 Å². The van der Waals surface area contributed by atoms with E-state index in [2.05, 4.69) is 58.4 Å². The Labute approximate surface area is 172 Å². The Morgan fingerprint density at radius 1 is 1.21 bits per heavy atom. The van der Waals surface area contributed by atoms with Crippen LogP contribution in [0.5, 0.6) is 5.75 Å². The first kappa shape index (κ1) is 20.5. The molecule has 1 aromatic carbocycles. The molecule has 0 radical (unpaired) electrons. The number of para-hydroxylation sites is 2. The summed E-state index contributed by atoms with van der Waals surface area (Å²) in [5.74, 6) is 1.86. The van der Waals surface area contributed by atoms with E-state index in [0.29, 0.717) is 6.54 Å². The molecule has 1 aliphatic rings. The van der Waals surface area contributed by atoms with Crippen LogP contribution >= 0.6 is 11.3 Å². The van der Waals surface area contributed by atoms with Crippen molar-refractivity contribution in [1.82, 2.24) is 15.2 Å². The minimum atomic E-state index is 0.0966. The highest BCUT2D eigenvalue weighted by Crippen LogP contribution is 2.28. The predicted molar refractivity (Wildman–Crippen MR) is 118 cm³/mol. The van der Waals surface area contributed by atoms with Crippen molar-refractivity contribution < 1.29 is 4.74 Å². The fourth-order valence-electron chi connectivity index (χ4n) is 3.28. The minimum absolute atomic E-state index is 0.0966. The number of aliphatic imine (C=N–C) groups is 1. The number of piperazine rings is 1. The van der Waals surface area contributed by atoms with Crippen molar-refractivity contribution in [3.05, 3.63) is 40.3 Å². The molecular formula is C21H31N5OS. The molecule has 2 aromatic rings. The highest BCUT2D eigenvalue weighted by Gasteiger charge is 2.22. The van der Waals surface area contributed by atoms with Gasteiger partial charge in [0.25, 0.3) is 0 Å². The first-order valence-corrected chi connectivity index (χ1v) is 10.6. The molecule has 0 bridgehead atoms. The Kier molecular flexibility index (Phi) is 6.44. The highest BCUT2D eigenvalue weighted by molar-refractivity contribution is 7.09. The van der Waals surface area contributed by atoms with E-state index < -0.39 is 0 Å². The van der Waals surface area contributed by atoms with Gasteiger partial charge in [-0.05, 0) is 12.1 Å². The van der Waals surface area contributed by atoms with Crippen molar-refractivity contribution in [3.8, 4) is 5.75 Å². The maximum absolute atomic E-state index is 5.51. The van der Waals surface area contributed by atoms with Gasteiger partial charge in [0.2, 0.25) is 0 Å². The van der Waals surface area contributed by atoms with Crippen LogP contribution in [0.15, 0.2) is 34.6 Å². The standard InChI is InChI=1S/C21H31N5OS/c1-21(2,3)19-24-16(15-28-19)14-23-20(22-4)26-12-10-25(11-13-26)17-8-6-7-9-18(17)27-5/h6-9,15H,10-14H2,1-5H3,(H,22,23). The van der Waals surface area contributed by atoms with Gasteiger partial charge in [-0.1, -0.05) is 32.9 Å². The summed E-state index contributed by atoms with van der Waals surface area (Å²) in [5, 5.41) is 6.78. The molecule has 0 atom stereocenters. The number of ether oxygens (including phenoxy) is 1. The molecule has 152 valence electrons. The van der Waals surface area contributed by atoms with Crippen LogP contribution in [0.1, 0.15) is 31.5 Å². The second-order valence-corrected chi connectivity index (χ2v) is 8.80. The summed E-state index contributed by atoms with van der Waals surface area (Å²) < 4.78 is 5.51. The van der Waals surface area contributed by atoms with Gasteiger partial charge < -0.3 is 19.9 Å². The average molecular weight is 402 g/mol. The number of guanidine groups is 1. The van der Waals surface area contributed by atoms with Crippen LogP contribution in [0.25, 0.3) is 0 Å². The first-order chi connectivity index (χ1) is 13.4. The molecule has 1 N–H and O–H groups in total. The van der Waals surface area contributed by atoms with Crippen molar-refractivity contribution in [2.75, 3.05) is 45.2 Å². The molecule has 0 aliphatic carbocycles. The van der Waals surface area contributed by atoms with Gasteiger partial charge in [-0.2, -0.15) is 0 Å². The quantitative estimate of drug-likeness (QED) is 0.629. The third-order valence-electron chi connectivity index (χ3n) is 4.84. The Bertz CT molecular complexity index is 803. The van der Waals surface area contributed by atoms with Crippen molar-refractivity contribution in [3.63, 3.8) is 0 Å². The number of aromatic nitrogens is 1. The Hall–Kier alpha value is -2.28. The normalized spacial score (nSPS) is 15.7. The minimum Gasteiger partial charge on any atom is -0.495 e. The van der Waals surface area contributed by atoms with E-state index in [-0.39, 0.29) is 5.41 Å². The van der Waals surface area contributed by atoms with Gasteiger partial charge in [-0.3, -0.25) is 4.99 Å². The lowest BCUT2D eigenvalue weighted by molar-refractivity contribution is 0.367. The van der Waals surface area contributed by atoms with E-state index >= 15 is 0 Å². The number of methoxy groups -OCH3 is 1. The first-order valence-electron chi connectivity index (χ1n) is 9.71. The maximum atomic E-state index is 5.51. The summed E-state index contributed by atoms with van der Waals surface area (Å²) in [5.41, 5.74) is 2.33. The van der Waals surface area contributed by atoms with Crippen molar-refractivity contribution in [1.29, 1.82) is 0 Å². The van der Waals surface area contributed by atoms with Crippen LogP contribution < -0.4 is 15.0 Å². The highest BCUT2D eigenvalue weighted by atomic mass is 32.1. The van der Waals surface area contributed by atoms with Gasteiger partial charge in [0.05, 0.1) is 30.0 Å². The number of rotatable bonds is 4. The number of hydrogen-bond donors (Lipinski definition) is 1. The van der Waals surface area contributed by atoms with E-state index in [0.717, 1.165) is 49.3 Å². The molecular weight excluding hydrogens is 370 g/mol. The van der Waals surface area contributed by atoms with E-state index in [1.807, 2.05) is 19.2 Å². The molecule has 1 saturated heterocycles. The zero-order chi connectivity index (χ0) is 20.1. The number of hydrogen-bond acceptors (Lipinski definition) is 5. The molecule has 6 nitrogen and oxygen atoms in total. The van der Waals surface area contributed by atoms with Crippen molar-refractivity contribution >= 4 is 23.0 Å². The lowest BCUT2D eigenvalue weighted by Gasteiger charge is -2.38. The maximum Gasteiger partial charge on any atom is 0.194 e. The fraction of sp³-hybridized carbons (Fsp3) is 0.524. The number of benzene rings is 1. The largest absolute Gasteiger partial charge is 0.495 e. The summed E-state index contributed by atoms with van der Waals surface area (Å²) in [4.78, 5) is 13.9. The van der Waals surface area contributed by atoms with Crippen LogP contribution in [-0.4, -0.2) is 56.2 Å². The van der Waals surface area contributed by atoms with E-state index in [9.17, 15) is 0 Å². The van der Waals surface area contributed by atoms with E-state index in [1.54, 1.807) is 18.4 Å². The Balaban J connectivity index is 1.56. The van der Waals surface area contributed by atoms with Crippen molar-refractivity contribution in [2.45, 2.75) is 32.7 Å². The molecule has 0 spiro atoms. The van der Waals surface area contributed by atoms with Gasteiger partial charge in [0.15, 0.2) is 5.96 Å². The summed E-state index contributed by atoms with van der Waals surface area (Å²) in [6.07, 6.45) is 0. The zero-order valence-electron chi connectivity index (χ0n) is 17.5. The van der Waals surface area contributed by atoms with Crippen molar-refractivity contribution in [2.24, 2.45) is 4.99 Å². The number of nitrogens with zero attached hydrogens (tertiary/aromatic N) is 4. The number of nitrogens with one attached hydrogen (secondary N) is 1. The van der Waals surface area contributed by atoms with E-state index in [1.165, 1.54) is 5.01 Å². The second-order valence-electron chi connectivity index (χ2n) is 7.94. The van der Waals surface area contributed by atoms with E-state index in [4.69, 9.17) is 9.72 Å². The Morgan fingerprint density at radius 2 is 1.93 bits per heavy atom. The zero-order valence-corrected chi connectivity index (χ0v) is 18.3. The number of thiazole rings is 1. The molecule has 1 aromatic heterocycles. The smallest absolute Gasteiger partial charge is 0.194 e. The SMILES string of the molecule is CN=C(NCc1csc(C(C)(C)C)n1)N1CCN(c2ccccc2OC)CC1. The molecule has 2 heterocycles. The lowest BCUT2D eigenvalue weighted by atomic mass is 9.98. The number of anilines is 1. The molecule has 0 unspecified atom stereocenters. The summed E-state index contributed by atoms with van der Waals surface area (Å²) in [7, 11) is 3.57. The van der Waals surface area contributed by atoms with Crippen LogP contribution in [-0.2, 0) is 12.0 Å². The van der Waals surface area contributed by atoms with Gasteiger partial charge in [-0.15, -0.1) is 11.3 Å². The monoisotopic (exact) mass is 401 g/mol. The summed E-state index contributed by atoms with van der Waals surface area (Å²) >= 11 is 1.73. The van der Waals surface area contributed by atoms with Gasteiger partial charge in [0, 0.05) is 44.0 Å². The topological polar surface area (TPSA) is 53.0 Å². The molecule has 1 fully saturated rings. The third-order valence-corrected chi connectivity index (χ3v) is 6.15. The molecule has 0 amide bonds. The molecule has 1 aliphatic heterocycles. The molecule has 0 saturated carbocycles. The average Bonchev–Trinajstić information content (AvgIpc) is 3.18.